The molecule has 1 aliphatic carbocycles. The summed E-state index contributed by atoms with van der Waals surface area (Å²) in [6, 6.07) is 0. The minimum absolute atomic E-state index is 0.114. The van der Waals surface area contributed by atoms with Crippen LogP contribution in [-0.2, 0) is 16.4 Å². The van der Waals surface area contributed by atoms with Crippen molar-refractivity contribution in [1.82, 2.24) is 9.36 Å². The van der Waals surface area contributed by atoms with E-state index in [1.807, 2.05) is 24.3 Å². The highest BCUT2D eigenvalue weighted by molar-refractivity contribution is 7.92. The average Bonchev–Trinajstić information content (AvgIpc) is 3.09. The Balaban J connectivity index is 1.92. The smallest absolute Gasteiger partial charge is 0.187 e. The highest BCUT2D eigenvalue weighted by Gasteiger charge is 2.41. The van der Waals surface area contributed by atoms with Crippen LogP contribution in [0.15, 0.2) is 10.3 Å². The fourth-order valence-electron chi connectivity index (χ4n) is 2.14. The molecule has 114 valence electrons. The van der Waals surface area contributed by atoms with Gasteiger partial charge in [0.2, 0.25) is 0 Å². The number of rotatable bonds is 5. The second-order valence-electron chi connectivity index (χ2n) is 5.16. The van der Waals surface area contributed by atoms with Gasteiger partial charge in [-0.3, -0.25) is 0 Å². The molecule has 2 aromatic rings. The Morgan fingerprint density at radius 3 is 2.76 bits per heavy atom. The summed E-state index contributed by atoms with van der Waals surface area (Å²) in [4.78, 5) is 6.46. The lowest BCUT2D eigenvalue weighted by molar-refractivity contribution is 0.595. The number of aromatic nitrogens is 2. The molecular formula is C12H16N4O2S3. The molecule has 0 amide bonds. The quantitative estimate of drug-likeness (QED) is 0.893. The summed E-state index contributed by atoms with van der Waals surface area (Å²) in [6.45, 7) is 2.49. The molecule has 1 fully saturated rings. The molecule has 0 spiro atoms. The standard InChI is InChI=1S/C12H16N4O2S3/c1-7-14-8(6-19-7)5-16(2)12-10(11(13)15-20-12)21(17,18)9-3-4-9/h6,9H,3-5H2,1-2H3,(H2,13,15). The Kier molecular flexibility index (Phi) is 3.66. The Hall–Kier alpha value is -1.19. The zero-order valence-corrected chi connectivity index (χ0v) is 14.2. The van der Waals surface area contributed by atoms with Gasteiger partial charge in [-0.25, -0.2) is 13.4 Å². The SMILES string of the molecule is Cc1nc(CN(C)c2snc(N)c2S(=O)(=O)C2CC2)cs1. The number of aryl methyl sites for hydroxylation is 1. The van der Waals surface area contributed by atoms with Crippen LogP contribution in [0.3, 0.4) is 0 Å². The van der Waals surface area contributed by atoms with E-state index in [0.717, 1.165) is 22.2 Å². The third-order valence-electron chi connectivity index (χ3n) is 3.32. The predicted octanol–water partition coefficient (Wildman–Crippen LogP) is 2.06. The number of anilines is 2. The molecule has 1 saturated carbocycles. The van der Waals surface area contributed by atoms with E-state index >= 15 is 0 Å². The van der Waals surface area contributed by atoms with E-state index in [2.05, 4.69) is 9.36 Å². The van der Waals surface area contributed by atoms with Crippen molar-refractivity contribution in [1.29, 1.82) is 0 Å². The minimum atomic E-state index is -3.35. The van der Waals surface area contributed by atoms with E-state index in [0.29, 0.717) is 24.4 Å². The fraction of sp³-hybridized carbons (Fsp3) is 0.500. The molecule has 0 atom stereocenters. The molecule has 0 unspecified atom stereocenters. The monoisotopic (exact) mass is 344 g/mol. The van der Waals surface area contributed by atoms with E-state index < -0.39 is 9.84 Å². The molecule has 0 saturated heterocycles. The van der Waals surface area contributed by atoms with E-state index in [4.69, 9.17) is 5.73 Å². The van der Waals surface area contributed by atoms with Crippen molar-refractivity contribution in [2.75, 3.05) is 17.7 Å². The van der Waals surface area contributed by atoms with Crippen molar-refractivity contribution >= 4 is 43.5 Å². The molecule has 0 radical (unpaired) electrons. The first-order chi connectivity index (χ1) is 9.89. The molecule has 1 aliphatic rings. The third-order valence-corrected chi connectivity index (χ3v) is 7.57. The van der Waals surface area contributed by atoms with Gasteiger partial charge in [0, 0.05) is 12.4 Å². The van der Waals surface area contributed by atoms with Crippen LogP contribution in [0.25, 0.3) is 0 Å². The lowest BCUT2D eigenvalue weighted by Crippen LogP contribution is -2.19. The molecule has 6 nitrogen and oxygen atoms in total. The van der Waals surface area contributed by atoms with E-state index in [1.54, 1.807) is 11.3 Å². The third kappa shape index (κ3) is 2.77. The Morgan fingerprint density at radius 1 is 1.48 bits per heavy atom. The van der Waals surface area contributed by atoms with E-state index in [-0.39, 0.29) is 16.0 Å². The topological polar surface area (TPSA) is 89.2 Å². The van der Waals surface area contributed by atoms with Crippen LogP contribution in [-0.4, -0.2) is 30.1 Å². The highest BCUT2D eigenvalue weighted by atomic mass is 32.2. The number of nitrogens with two attached hydrogens (primary N) is 1. The van der Waals surface area contributed by atoms with Crippen LogP contribution >= 0.6 is 22.9 Å². The van der Waals surface area contributed by atoms with Crippen LogP contribution in [0.5, 0.6) is 0 Å². The Bertz CT molecular complexity index is 761. The molecule has 2 aromatic heterocycles. The van der Waals surface area contributed by atoms with E-state index in [9.17, 15) is 8.42 Å². The number of nitrogens with zero attached hydrogens (tertiary/aromatic N) is 3. The van der Waals surface area contributed by atoms with Gasteiger partial charge < -0.3 is 10.6 Å². The first kappa shape index (κ1) is 14.7. The van der Waals surface area contributed by atoms with Crippen molar-refractivity contribution in [2.45, 2.75) is 36.5 Å². The number of nitrogen functional groups attached to an aromatic ring is 1. The van der Waals surface area contributed by atoms with Crippen LogP contribution in [0, 0.1) is 6.92 Å². The summed E-state index contributed by atoms with van der Waals surface area (Å²) in [6.07, 6.45) is 1.43. The number of hydrogen-bond acceptors (Lipinski definition) is 8. The molecule has 2 heterocycles. The highest BCUT2D eigenvalue weighted by Crippen LogP contribution is 2.42. The Morgan fingerprint density at radius 2 is 2.19 bits per heavy atom. The average molecular weight is 344 g/mol. The van der Waals surface area contributed by atoms with Gasteiger partial charge in [0.05, 0.1) is 22.5 Å². The largest absolute Gasteiger partial charge is 0.382 e. The number of sulfone groups is 1. The van der Waals surface area contributed by atoms with Crippen molar-refractivity contribution in [3.05, 3.63) is 16.1 Å². The van der Waals surface area contributed by atoms with Crippen LogP contribution in [0.4, 0.5) is 10.8 Å². The Labute approximate surface area is 131 Å². The van der Waals surface area contributed by atoms with Gasteiger partial charge in [0.25, 0.3) is 0 Å². The van der Waals surface area contributed by atoms with Crippen LogP contribution in [0.2, 0.25) is 0 Å². The molecule has 9 heteroatoms. The molecule has 0 aliphatic heterocycles. The maximum absolute atomic E-state index is 12.5. The zero-order chi connectivity index (χ0) is 15.2. The van der Waals surface area contributed by atoms with Crippen molar-refractivity contribution in [3.8, 4) is 0 Å². The molecule has 0 aromatic carbocycles. The first-order valence-corrected chi connectivity index (χ1v) is 9.70. The van der Waals surface area contributed by atoms with Crippen molar-refractivity contribution < 1.29 is 8.42 Å². The van der Waals surface area contributed by atoms with Gasteiger partial charge in [0.15, 0.2) is 15.7 Å². The summed E-state index contributed by atoms with van der Waals surface area (Å²) >= 11 is 2.71. The van der Waals surface area contributed by atoms with Crippen molar-refractivity contribution in [2.24, 2.45) is 0 Å². The normalized spacial score (nSPS) is 15.3. The van der Waals surface area contributed by atoms with Crippen LogP contribution < -0.4 is 10.6 Å². The number of hydrogen-bond donors (Lipinski definition) is 1. The molecule has 3 rings (SSSR count). The lowest BCUT2D eigenvalue weighted by Gasteiger charge is -2.17. The second kappa shape index (κ2) is 5.22. The van der Waals surface area contributed by atoms with Gasteiger partial charge in [-0.2, -0.15) is 4.37 Å². The summed E-state index contributed by atoms with van der Waals surface area (Å²) in [5.74, 6) is 0.114. The summed E-state index contributed by atoms with van der Waals surface area (Å²) in [5.41, 5.74) is 6.73. The molecule has 0 bridgehead atoms. The maximum atomic E-state index is 12.5. The molecular weight excluding hydrogens is 328 g/mol. The first-order valence-electron chi connectivity index (χ1n) is 6.50. The number of thiazole rings is 1. The fourth-order valence-corrected chi connectivity index (χ4v) is 5.75. The zero-order valence-electron chi connectivity index (χ0n) is 11.7. The maximum Gasteiger partial charge on any atom is 0.187 e. The summed E-state index contributed by atoms with van der Waals surface area (Å²) in [7, 11) is -1.51. The van der Waals surface area contributed by atoms with Gasteiger partial charge >= 0.3 is 0 Å². The predicted molar refractivity (Wildman–Crippen MR) is 85.7 cm³/mol. The summed E-state index contributed by atoms with van der Waals surface area (Å²) < 4.78 is 29.1. The van der Waals surface area contributed by atoms with Gasteiger partial charge in [-0.15, -0.1) is 11.3 Å². The van der Waals surface area contributed by atoms with E-state index in [1.165, 1.54) is 0 Å². The lowest BCUT2D eigenvalue weighted by atomic mass is 10.4. The summed E-state index contributed by atoms with van der Waals surface area (Å²) in [5, 5.41) is 3.29. The van der Waals surface area contributed by atoms with Gasteiger partial charge in [0.1, 0.15) is 9.90 Å². The molecule has 2 N–H and O–H groups in total. The van der Waals surface area contributed by atoms with Crippen molar-refractivity contribution in [3.63, 3.8) is 0 Å². The minimum Gasteiger partial charge on any atom is -0.382 e. The van der Waals surface area contributed by atoms with Gasteiger partial charge in [-0.1, -0.05) is 0 Å². The molecule has 21 heavy (non-hydrogen) atoms. The van der Waals surface area contributed by atoms with Crippen LogP contribution in [0.1, 0.15) is 23.5 Å². The van der Waals surface area contributed by atoms with Gasteiger partial charge in [-0.05, 0) is 31.3 Å². The second-order valence-corrected chi connectivity index (χ2v) is 9.14.